The topological polar surface area (TPSA) is 63.4 Å². The van der Waals surface area contributed by atoms with Gasteiger partial charge in [0.1, 0.15) is 0 Å². The van der Waals surface area contributed by atoms with E-state index in [0.29, 0.717) is 6.54 Å². The van der Waals surface area contributed by atoms with Crippen molar-refractivity contribution in [2.75, 3.05) is 18.4 Å². The first-order chi connectivity index (χ1) is 6.11. The molecule has 0 radical (unpaired) electrons. The van der Waals surface area contributed by atoms with Crippen molar-refractivity contribution in [1.29, 1.82) is 0 Å². The molecule has 0 aromatic carbocycles. The van der Waals surface area contributed by atoms with Crippen LogP contribution < -0.4 is 5.73 Å². The molecule has 76 valence electrons. The summed E-state index contributed by atoms with van der Waals surface area (Å²) < 4.78 is 0. The van der Waals surface area contributed by atoms with Gasteiger partial charge in [-0.15, -0.1) is 0 Å². The fourth-order valence-electron chi connectivity index (χ4n) is 0.914. The van der Waals surface area contributed by atoms with Crippen molar-refractivity contribution in [1.82, 2.24) is 4.90 Å². The number of carbonyl (C=O) groups is 2. The second-order valence-electron chi connectivity index (χ2n) is 2.77. The molecule has 0 aromatic rings. The first-order valence-electron chi connectivity index (χ1n) is 4.23. The van der Waals surface area contributed by atoms with E-state index in [2.05, 4.69) is 15.9 Å². The van der Waals surface area contributed by atoms with Gasteiger partial charge in [-0.3, -0.25) is 9.59 Å². The summed E-state index contributed by atoms with van der Waals surface area (Å²) in [4.78, 5) is 23.3. The first-order valence-corrected chi connectivity index (χ1v) is 5.36. The Kier molecular flexibility index (Phi) is 6.58. The molecule has 0 rings (SSSR count). The Morgan fingerprint density at radius 1 is 1.46 bits per heavy atom. The van der Waals surface area contributed by atoms with Crippen molar-refractivity contribution in [3.63, 3.8) is 0 Å². The number of primary amides is 1. The minimum Gasteiger partial charge on any atom is -0.368 e. The average Bonchev–Trinajstić information content (AvgIpc) is 2.10. The van der Waals surface area contributed by atoms with Crippen molar-refractivity contribution >= 4 is 27.7 Å². The maximum absolute atomic E-state index is 11.2. The summed E-state index contributed by atoms with van der Waals surface area (Å²) in [6.07, 6.45) is 1.89. The summed E-state index contributed by atoms with van der Waals surface area (Å²) in [7, 11) is 0. The molecule has 0 saturated carbocycles. The normalized spacial score (nSPS) is 9.69. The van der Waals surface area contributed by atoms with Gasteiger partial charge < -0.3 is 10.6 Å². The molecule has 0 aliphatic heterocycles. The molecule has 2 N–H and O–H groups in total. The minimum atomic E-state index is -0.467. The molecule has 13 heavy (non-hydrogen) atoms. The van der Waals surface area contributed by atoms with Gasteiger partial charge in [-0.05, 0) is 6.42 Å². The van der Waals surface area contributed by atoms with Crippen molar-refractivity contribution in [3.8, 4) is 0 Å². The van der Waals surface area contributed by atoms with Crippen LogP contribution in [0.3, 0.4) is 0 Å². The van der Waals surface area contributed by atoms with Crippen LogP contribution in [-0.4, -0.2) is 35.1 Å². The number of unbranched alkanes of at least 4 members (excludes halogenated alkanes) is 1. The molecule has 0 heterocycles. The van der Waals surface area contributed by atoms with Gasteiger partial charge in [0, 0.05) is 6.54 Å². The number of hydrogen-bond acceptors (Lipinski definition) is 2. The third kappa shape index (κ3) is 5.63. The summed E-state index contributed by atoms with van der Waals surface area (Å²) in [6, 6.07) is 0. The fraction of sp³-hybridized carbons (Fsp3) is 0.750. The molecule has 0 spiro atoms. The van der Waals surface area contributed by atoms with Crippen LogP contribution in [0.15, 0.2) is 0 Å². The highest BCUT2D eigenvalue weighted by Crippen LogP contribution is 1.97. The summed E-state index contributed by atoms with van der Waals surface area (Å²) in [5.41, 5.74) is 5.01. The monoisotopic (exact) mass is 250 g/mol. The quantitative estimate of drug-likeness (QED) is 0.698. The lowest BCUT2D eigenvalue weighted by molar-refractivity contribution is -0.132. The van der Waals surface area contributed by atoms with Crippen LogP contribution in [-0.2, 0) is 9.59 Å². The molecule has 0 atom stereocenters. The zero-order valence-corrected chi connectivity index (χ0v) is 9.34. The van der Waals surface area contributed by atoms with E-state index >= 15 is 0 Å². The highest BCUT2D eigenvalue weighted by atomic mass is 79.9. The average molecular weight is 251 g/mol. The Morgan fingerprint density at radius 3 is 2.46 bits per heavy atom. The summed E-state index contributed by atoms with van der Waals surface area (Å²) in [5, 5.41) is 0.240. The lowest BCUT2D eigenvalue weighted by Gasteiger charge is -2.19. The predicted molar refractivity (Wildman–Crippen MR) is 54.5 cm³/mol. The molecule has 0 aromatic heterocycles. The van der Waals surface area contributed by atoms with E-state index in [1.807, 2.05) is 6.92 Å². The Labute approximate surface area is 86.6 Å². The molecule has 0 aliphatic rings. The number of carbonyl (C=O) groups excluding carboxylic acids is 2. The molecule has 0 unspecified atom stereocenters. The predicted octanol–water partition coefficient (Wildman–Crippen LogP) is 0.495. The molecule has 4 nitrogen and oxygen atoms in total. The zero-order chi connectivity index (χ0) is 10.3. The maximum Gasteiger partial charge on any atom is 0.237 e. The van der Waals surface area contributed by atoms with E-state index in [1.165, 1.54) is 4.90 Å². The minimum absolute atomic E-state index is 0.0183. The molecule has 0 fully saturated rings. The molecule has 5 heteroatoms. The van der Waals surface area contributed by atoms with Crippen LogP contribution in [0, 0.1) is 0 Å². The van der Waals surface area contributed by atoms with Gasteiger partial charge >= 0.3 is 0 Å². The van der Waals surface area contributed by atoms with Crippen LogP contribution in [0.25, 0.3) is 0 Å². The second kappa shape index (κ2) is 6.88. The molecule has 0 aliphatic carbocycles. The Hall–Kier alpha value is -0.580. The highest BCUT2D eigenvalue weighted by molar-refractivity contribution is 9.09. The summed E-state index contributed by atoms with van der Waals surface area (Å²) >= 11 is 3.05. The molecule has 2 amide bonds. The number of amides is 2. The van der Waals surface area contributed by atoms with Gasteiger partial charge in [-0.25, -0.2) is 0 Å². The van der Waals surface area contributed by atoms with E-state index < -0.39 is 5.91 Å². The third-order valence-electron chi connectivity index (χ3n) is 1.60. The zero-order valence-electron chi connectivity index (χ0n) is 7.75. The Balaban J connectivity index is 4.02. The lowest BCUT2D eigenvalue weighted by atomic mass is 10.3. The Morgan fingerprint density at radius 2 is 2.08 bits per heavy atom. The molecule has 0 bridgehead atoms. The number of rotatable bonds is 6. The summed E-state index contributed by atoms with van der Waals surface area (Å²) in [6.45, 7) is 2.65. The van der Waals surface area contributed by atoms with Gasteiger partial charge in [-0.1, -0.05) is 29.3 Å². The van der Waals surface area contributed by atoms with E-state index in [9.17, 15) is 9.59 Å². The summed E-state index contributed by atoms with van der Waals surface area (Å²) in [5.74, 6) is -0.558. The standard InChI is InChI=1S/C8H15BrN2O2/c1-2-3-4-11(6-7(10)12)8(13)5-9/h2-6H2,1H3,(H2,10,12). The molecular formula is C8H15BrN2O2. The maximum atomic E-state index is 11.2. The number of alkyl halides is 1. The molecular weight excluding hydrogens is 236 g/mol. The van der Waals surface area contributed by atoms with Gasteiger partial charge in [0.15, 0.2) is 0 Å². The lowest BCUT2D eigenvalue weighted by Crippen LogP contribution is -2.39. The van der Waals surface area contributed by atoms with Crippen LogP contribution in [0.5, 0.6) is 0 Å². The van der Waals surface area contributed by atoms with E-state index in [1.54, 1.807) is 0 Å². The number of nitrogens with two attached hydrogens (primary N) is 1. The largest absolute Gasteiger partial charge is 0.368 e. The van der Waals surface area contributed by atoms with Crippen LogP contribution in [0.1, 0.15) is 19.8 Å². The van der Waals surface area contributed by atoms with Crippen molar-refractivity contribution in [2.45, 2.75) is 19.8 Å². The highest BCUT2D eigenvalue weighted by Gasteiger charge is 2.13. The number of nitrogens with zero attached hydrogens (tertiary/aromatic N) is 1. The van der Waals surface area contributed by atoms with Gasteiger partial charge in [0.2, 0.25) is 11.8 Å². The Bertz CT molecular complexity index is 185. The van der Waals surface area contributed by atoms with Crippen molar-refractivity contribution in [3.05, 3.63) is 0 Å². The first kappa shape index (κ1) is 12.4. The van der Waals surface area contributed by atoms with E-state index in [0.717, 1.165) is 12.8 Å². The van der Waals surface area contributed by atoms with E-state index in [4.69, 9.17) is 5.73 Å². The van der Waals surface area contributed by atoms with Gasteiger partial charge in [0.25, 0.3) is 0 Å². The van der Waals surface area contributed by atoms with Gasteiger partial charge in [-0.2, -0.15) is 0 Å². The van der Waals surface area contributed by atoms with Gasteiger partial charge in [0.05, 0.1) is 11.9 Å². The SMILES string of the molecule is CCCCN(CC(N)=O)C(=O)CBr. The number of halogens is 1. The number of hydrogen-bond donors (Lipinski definition) is 1. The van der Waals surface area contributed by atoms with Crippen molar-refractivity contribution < 1.29 is 9.59 Å². The third-order valence-corrected chi connectivity index (χ3v) is 2.07. The van der Waals surface area contributed by atoms with Crippen molar-refractivity contribution in [2.24, 2.45) is 5.73 Å². The van der Waals surface area contributed by atoms with Crippen LogP contribution in [0.2, 0.25) is 0 Å². The van der Waals surface area contributed by atoms with Crippen LogP contribution >= 0.6 is 15.9 Å². The molecule has 0 saturated heterocycles. The smallest absolute Gasteiger partial charge is 0.237 e. The second-order valence-corrected chi connectivity index (χ2v) is 3.33. The fourth-order valence-corrected chi connectivity index (χ4v) is 1.27. The van der Waals surface area contributed by atoms with Crippen LogP contribution in [0.4, 0.5) is 0 Å². The van der Waals surface area contributed by atoms with E-state index in [-0.39, 0.29) is 17.8 Å².